The lowest BCUT2D eigenvalue weighted by Crippen LogP contribution is -2.30. The van der Waals surface area contributed by atoms with Crippen LogP contribution >= 0.6 is 11.6 Å². The maximum absolute atomic E-state index is 6.13. The van der Waals surface area contributed by atoms with E-state index in [1.54, 1.807) is 0 Å². The summed E-state index contributed by atoms with van der Waals surface area (Å²) in [5.41, 5.74) is 5.19. The molecule has 0 atom stereocenters. The van der Waals surface area contributed by atoms with Gasteiger partial charge in [0.15, 0.2) is 0 Å². The largest absolute Gasteiger partial charge is 0.303 e. The second-order valence-corrected chi connectivity index (χ2v) is 7.86. The first-order chi connectivity index (χ1) is 12.8. The van der Waals surface area contributed by atoms with E-state index in [4.69, 9.17) is 16.6 Å². The second kappa shape index (κ2) is 7.98. The van der Waals surface area contributed by atoms with Crippen molar-refractivity contribution in [1.29, 1.82) is 0 Å². The smallest absolute Gasteiger partial charge is 0.113 e. The Bertz CT molecular complexity index is 893. The predicted octanol–water partition coefficient (Wildman–Crippen LogP) is 5.00. The average Bonchev–Trinajstić information content (AvgIpc) is 3.01. The van der Waals surface area contributed by atoms with Crippen molar-refractivity contribution in [2.24, 2.45) is 0 Å². The van der Waals surface area contributed by atoms with Gasteiger partial charge in [0.2, 0.25) is 0 Å². The van der Waals surface area contributed by atoms with E-state index in [1.165, 1.54) is 78.7 Å². The topological polar surface area (TPSA) is 20.5 Å². The minimum atomic E-state index is 0.649. The Kier molecular flexibility index (Phi) is 5.46. The number of alkyl halides is 1. The third-order valence-corrected chi connectivity index (χ3v) is 5.88. The summed E-state index contributed by atoms with van der Waals surface area (Å²) < 4.78 is 2.39. The molecule has 0 spiro atoms. The third-order valence-electron chi connectivity index (χ3n) is 5.69. The fraction of sp³-hybridized carbons (Fsp3) is 0.500. The first-order valence-electron chi connectivity index (χ1n) is 9.94. The van der Waals surface area contributed by atoms with Crippen LogP contribution in [0.25, 0.3) is 16.4 Å². The van der Waals surface area contributed by atoms with Crippen LogP contribution in [0.5, 0.6) is 0 Å². The normalized spacial score (nSPS) is 15.9. The Morgan fingerprint density at radius 3 is 2.69 bits per heavy atom. The molecule has 3 aromatic rings. The molecule has 1 saturated heterocycles. The number of nitrogens with zero attached hydrogens (tertiary/aromatic N) is 3. The number of rotatable bonds is 6. The van der Waals surface area contributed by atoms with Crippen LogP contribution in [-0.4, -0.2) is 39.8 Å². The van der Waals surface area contributed by atoms with E-state index in [0.717, 1.165) is 12.8 Å². The highest BCUT2D eigenvalue weighted by molar-refractivity contribution is 6.18. The van der Waals surface area contributed by atoms with Gasteiger partial charge in [-0.1, -0.05) is 24.6 Å². The van der Waals surface area contributed by atoms with Gasteiger partial charge in [-0.15, -0.1) is 11.6 Å². The molecule has 0 amide bonds. The van der Waals surface area contributed by atoms with Crippen LogP contribution < -0.4 is 0 Å². The molecule has 26 heavy (non-hydrogen) atoms. The van der Waals surface area contributed by atoms with Crippen molar-refractivity contribution in [3.05, 3.63) is 47.4 Å². The summed E-state index contributed by atoms with van der Waals surface area (Å²) in [6.45, 7) is 5.88. The quantitative estimate of drug-likeness (QED) is 0.570. The maximum Gasteiger partial charge on any atom is 0.113 e. The van der Waals surface area contributed by atoms with E-state index in [1.807, 2.05) is 6.20 Å². The number of para-hydroxylation sites is 1. The number of halogens is 1. The van der Waals surface area contributed by atoms with E-state index >= 15 is 0 Å². The molecule has 4 heteroatoms. The molecule has 0 aliphatic carbocycles. The zero-order valence-corrected chi connectivity index (χ0v) is 16.4. The van der Waals surface area contributed by atoms with E-state index < -0.39 is 0 Å². The lowest BCUT2D eigenvalue weighted by atomic mass is 10.1. The van der Waals surface area contributed by atoms with Crippen LogP contribution in [0.3, 0.4) is 0 Å². The summed E-state index contributed by atoms with van der Waals surface area (Å²) in [6, 6.07) is 8.69. The van der Waals surface area contributed by atoms with Crippen LogP contribution in [0.4, 0.5) is 0 Å². The number of benzene rings is 1. The minimum absolute atomic E-state index is 0.649. The fourth-order valence-electron chi connectivity index (χ4n) is 4.45. The highest BCUT2D eigenvalue weighted by Gasteiger charge is 2.17. The molecule has 1 fully saturated rings. The molecule has 2 aromatic heterocycles. The number of hydrogen-bond acceptors (Lipinski definition) is 2. The zero-order valence-electron chi connectivity index (χ0n) is 15.7. The van der Waals surface area contributed by atoms with E-state index in [2.05, 4.69) is 40.5 Å². The second-order valence-electron chi connectivity index (χ2n) is 7.48. The lowest BCUT2D eigenvalue weighted by molar-refractivity contribution is 0.226. The molecular weight excluding hydrogens is 342 g/mol. The maximum atomic E-state index is 6.13. The molecular formula is C22H28ClN3. The van der Waals surface area contributed by atoms with Crippen LogP contribution in [0, 0.1) is 6.92 Å². The number of aryl methyl sites for hydroxylation is 3. The average molecular weight is 370 g/mol. The van der Waals surface area contributed by atoms with Crippen LogP contribution in [0.15, 0.2) is 30.5 Å². The van der Waals surface area contributed by atoms with Gasteiger partial charge in [-0.2, -0.15) is 0 Å². The van der Waals surface area contributed by atoms with Crippen molar-refractivity contribution >= 4 is 28.0 Å². The molecule has 138 valence electrons. The Balaban J connectivity index is 1.69. The lowest BCUT2D eigenvalue weighted by Gasteiger charge is -2.26. The molecule has 0 saturated carbocycles. The van der Waals surface area contributed by atoms with E-state index in [-0.39, 0.29) is 0 Å². The molecule has 0 N–H and O–H groups in total. The molecule has 1 aliphatic heterocycles. The molecule has 4 rings (SSSR count). The fourth-order valence-corrected chi connectivity index (χ4v) is 4.64. The summed E-state index contributed by atoms with van der Waals surface area (Å²) in [6.07, 6.45) is 9.25. The number of fused-ring (bicyclic) bond motifs is 3. The Hall–Kier alpha value is -1.58. The van der Waals surface area contributed by atoms with Gasteiger partial charge in [0.25, 0.3) is 0 Å². The Labute approximate surface area is 161 Å². The summed E-state index contributed by atoms with van der Waals surface area (Å²) in [5.74, 6) is 1.83. The molecule has 3 nitrogen and oxygen atoms in total. The van der Waals surface area contributed by atoms with Crippen molar-refractivity contribution in [1.82, 2.24) is 14.3 Å². The first kappa shape index (κ1) is 17.8. The molecule has 0 radical (unpaired) electrons. The summed E-state index contributed by atoms with van der Waals surface area (Å²) in [5, 5.41) is 1.32. The molecule has 1 aromatic carbocycles. The number of aromatic nitrogens is 2. The van der Waals surface area contributed by atoms with Crippen molar-refractivity contribution in [2.45, 2.75) is 45.4 Å². The van der Waals surface area contributed by atoms with Crippen molar-refractivity contribution in [3.63, 3.8) is 0 Å². The van der Waals surface area contributed by atoms with Gasteiger partial charge in [0.05, 0.1) is 11.0 Å². The minimum Gasteiger partial charge on any atom is -0.303 e. The van der Waals surface area contributed by atoms with Crippen molar-refractivity contribution < 1.29 is 0 Å². The number of likely N-dealkylation sites (tertiary alicyclic amines) is 1. The van der Waals surface area contributed by atoms with Crippen LogP contribution in [-0.2, 0) is 12.8 Å². The van der Waals surface area contributed by atoms with Crippen LogP contribution in [0.2, 0.25) is 0 Å². The third kappa shape index (κ3) is 3.35. The predicted molar refractivity (Wildman–Crippen MR) is 110 cm³/mol. The Morgan fingerprint density at radius 2 is 1.88 bits per heavy atom. The van der Waals surface area contributed by atoms with Gasteiger partial charge in [-0.3, -0.25) is 4.40 Å². The van der Waals surface area contributed by atoms with Gasteiger partial charge in [-0.05, 0) is 69.4 Å². The van der Waals surface area contributed by atoms with Gasteiger partial charge in [0.1, 0.15) is 5.82 Å². The van der Waals surface area contributed by atoms with Crippen molar-refractivity contribution in [3.8, 4) is 0 Å². The van der Waals surface area contributed by atoms with Gasteiger partial charge in [-0.25, -0.2) is 4.98 Å². The highest BCUT2D eigenvalue weighted by atomic mass is 35.5. The van der Waals surface area contributed by atoms with Gasteiger partial charge < -0.3 is 4.90 Å². The molecule has 3 heterocycles. The SMILES string of the molecule is Cc1cnc(CCCN2CCCCC2)n2c1c(CCCl)c1ccccc12. The zero-order chi connectivity index (χ0) is 17.9. The van der Waals surface area contributed by atoms with Crippen molar-refractivity contribution in [2.75, 3.05) is 25.5 Å². The number of hydrogen-bond donors (Lipinski definition) is 0. The van der Waals surface area contributed by atoms with Gasteiger partial charge >= 0.3 is 0 Å². The first-order valence-corrected chi connectivity index (χ1v) is 10.5. The summed E-state index contributed by atoms with van der Waals surface area (Å²) in [7, 11) is 0. The molecule has 0 bridgehead atoms. The Morgan fingerprint density at radius 1 is 1.08 bits per heavy atom. The highest BCUT2D eigenvalue weighted by Crippen LogP contribution is 2.30. The van der Waals surface area contributed by atoms with Gasteiger partial charge in [0, 0.05) is 23.9 Å². The standard InChI is InChI=1S/C22H28ClN3/c1-17-16-24-21(10-7-15-25-13-5-2-6-14-25)26-20-9-4-3-8-18(20)19(11-12-23)22(17)26/h3-4,8-9,16H,2,5-7,10-15H2,1H3. The molecule has 0 unspecified atom stereocenters. The van der Waals surface area contributed by atoms with Crippen LogP contribution in [0.1, 0.15) is 42.6 Å². The summed E-state index contributed by atoms with van der Waals surface area (Å²) >= 11 is 6.13. The van der Waals surface area contributed by atoms with E-state index in [9.17, 15) is 0 Å². The molecule has 1 aliphatic rings. The van der Waals surface area contributed by atoms with E-state index in [0.29, 0.717) is 5.88 Å². The number of piperidine rings is 1. The summed E-state index contributed by atoms with van der Waals surface area (Å²) in [4.78, 5) is 7.44. The monoisotopic (exact) mass is 369 g/mol.